The quantitative estimate of drug-likeness (QED) is 0.153. The summed E-state index contributed by atoms with van der Waals surface area (Å²) in [4.78, 5) is 2.38. The van der Waals surface area contributed by atoms with Crippen LogP contribution in [0.15, 0.2) is 247 Å². The number of hydrogen-bond acceptors (Lipinski definition) is 2. The molecule has 0 saturated carbocycles. The topological polar surface area (TPSA) is 21.3 Å². The maximum absolute atomic E-state index is 6.70. The second kappa shape index (κ2) is 15.3. The van der Waals surface area contributed by atoms with E-state index < -0.39 is 0 Å². The van der Waals surface area contributed by atoms with Gasteiger partial charge in [-0.15, -0.1) is 0 Å². The fourth-order valence-electron chi connectivity index (χ4n) is 9.36. The summed E-state index contributed by atoms with van der Waals surface area (Å²) < 4.78 is 9.09. The third-order valence-corrected chi connectivity index (χ3v) is 12.4. The van der Waals surface area contributed by atoms with E-state index >= 15 is 0 Å². The average Bonchev–Trinajstić information content (AvgIpc) is 3.91. The smallest absolute Gasteiger partial charge is 0.143 e. The van der Waals surface area contributed by atoms with Crippen LogP contribution in [0.25, 0.3) is 93.9 Å². The highest BCUT2D eigenvalue weighted by Gasteiger charge is 2.20. The van der Waals surface area contributed by atoms with Crippen molar-refractivity contribution in [2.45, 2.75) is 0 Å². The molecule has 0 bridgehead atoms. The number of hydrogen-bond donors (Lipinski definition) is 0. The van der Waals surface area contributed by atoms with E-state index in [1.807, 2.05) is 6.07 Å². The normalized spacial score (nSPS) is 11.5. The average molecular weight is 805 g/mol. The Morgan fingerprint density at radius 3 is 1.51 bits per heavy atom. The van der Waals surface area contributed by atoms with Crippen LogP contribution in [0, 0.1) is 0 Å². The Morgan fingerprint density at radius 2 is 0.825 bits per heavy atom. The molecule has 0 amide bonds. The summed E-state index contributed by atoms with van der Waals surface area (Å²) >= 11 is 0. The molecule has 0 N–H and O–H groups in total. The van der Waals surface area contributed by atoms with E-state index in [0.29, 0.717) is 0 Å². The lowest BCUT2D eigenvalue weighted by molar-refractivity contribution is 0.670. The molecule has 0 aliphatic carbocycles. The summed E-state index contributed by atoms with van der Waals surface area (Å²) in [6, 6.07) is 87.2. The Balaban J connectivity index is 1.10. The van der Waals surface area contributed by atoms with Gasteiger partial charge in [-0.1, -0.05) is 170 Å². The van der Waals surface area contributed by atoms with Crippen LogP contribution in [-0.2, 0) is 0 Å². The summed E-state index contributed by atoms with van der Waals surface area (Å²) in [5.41, 5.74) is 17.5. The molecule has 0 atom stereocenters. The van der Waals surface area contributed by atoms with Crippen molar-refractivity contribution in [3.8, 4) is 50.2 Å². The second-order valence-electron chi connectivity index (χ2n) is 16.1. The minimum Gasteiger partial charge on any atom is -0.455 e. The molecule has 0 radical (unpaired) electrons. The fourth-order valence-corrected chi connectivity index (χ4v) is 9.36. The molecule has 0 fully saturated rings. The van der Waals surface area contributed by atoms with E-state index in [1.165, 1.54) is 38.5 Å². The summed E-state index contributed by atoms with van der Waals surface area (Å²) in [6.07, 6.45) is 0. The lowest BCUT2D eigenvalue weighted by Crippen LogP contribution is -2.10. The Hall–Kier alpha value is -8.40. The van der Waals surface area contributed by atoms with Gasteiger partial charge in [-0.25, -0.2) is 0 Å². The molecule has 10 aromatic carbocycles. The van der Waals surface area contributed by atoms with Crippen molar-refractivity contribution in [2.24, 2.45) is 0 Å². The zero-order valence-corrected chi connectivity index (χ0v) is 34.4. The zero-order chi connectivity index (χ0) is 41.7. The molecule has 0 saturated heterocycles. The van der Waals surface area contributed by atoms with E-state index in [0.717, 1.165) is 72.5 Å². The fraction of sp³-hybridized carbons (Fsp3) is 0. The highest BCUT2D eigenvalue weighted by atomic mass is 16.3. The molecule has 296 valence electrons. The first-order valence-corrected chi connectivity index (χ1v) is 21.5. The molecular formula is C60H40N2O. The van der Waals surface area contributed by atoms with Gasteiger partial charge in [0.05, 0.1) is 11.0 Å². The minimum absolute atomic E-state index is 0.882. The number of nitrogens with zero attached hydrogens (tertiary/aromatic N) is 2. The van der Waals surface area contributed by atoms with Crippen LogP contribution < -0.4 is 4.90 Å². The van der Waals surface area contributed by atoms with Gasteiger partial charge in [0, 0.05) is 49.9 Å². The van der Waals surface area contributed by atoms with Gasteiger partial charge in [-0.05, 0) is 112 Å². The Kier molecular flexibility index (Phi) is 8.83. The van der Waals surface area contributed by atoms with Gasteiger partial charge in [-0.2, -0.15) is 0 Å². The predicted octanol–water partition coefficient (Wildman–Crippen LogP) is 16.8. The van der Waals surface area contributed by atoms with Crippen molar-refractivity contribution in [1.82, 2.24) is 4.57 Å². The molecule has 63 heavy (non-hydrogen) atoms. The number of benzene rings is 10. The Labute approximate surface area is 366 Å². The van der Waals surface area contributed by atoms with E-state index in [9.17, 15) is 0 Å². The largest absolute Gasteiger partial charge is 0.455 e. The molecule has 3 heteroatoms. The number of rotatable bonds is 8. The van der Waals surface area contributed by atoms with Crippen LogP contribution in [0.5, 0.6) is 0 Å². The summed E-state index contributed by atoms with van der Waals surface area (Å²) in [6.45, 7) is 0. The van der Waals surface area contributed by atoms with Gasteiger partial charge in [0.15, 0.2) is 0 Å². The third-order valence-electron chi connectivity index (χ3n) is 12.4. The lowest BCUT2D eigenvalue weighted by Gasteiger charge is -2.27. The highest BCUT2D eigenvalue weighted by molar-refractivity contribution is 6.11. The van der Waals surface area contributed by atoms with Crippen molar-refractivity contribution < 1.29 is 4.42 Å². The van der Waals surface area contributed by atoms with Crippen molar-refractivity contribution >= 4 is 60.8 Å². The molecule has 12 rings (SSSR count). The van der Waals surface area contributed by atoms with E-state index in [2.05, 4.69) is 246 Å². The van der Waals surface area contributed by atoms with Gasteiger partial charge in [0.25, 0.3) is 0 Å². The molecule has 0 aliphatic rings. The van der Waals surface area contributed by atoms with Crippen molar-refractivity contribution in [1.29, 1.82) is 0 Å². The number of anilines is 3. The third kappa shape index (κ3) is 6.46. The number of aromatic nitrogens is 1. The van der Waals surface area contributed by atoms with Crippen LogP contribution in [0.4, 0.5) is 17.1 Å². The van der Waals surface area contributed by atoms with E-state index in [-0.39, 0.29) is 0 Å². The van der Waals surface area contributed by atoms with Gasteiger partial charge >= 0.3 is 0 Å². The molecule has 0 spiro atoms. The van der Waals surface area contributed by atoms with E-state index in [4.69, 9.17) is 4.42 Å². The van der Waals surface area contributed by atoms with Crippen LogP contribution >= 0.6 is 0 Å². The molecular weight excluding hydrogens is 765 g/mol. The lowest BCUT2D eigenvalue weighted by atomic mass is 9.95. The molecule has 2 aromatic heterocycles. The summed E-state index contributed by atoms with van der Waals surface area (Å²) in [5.74, 6) is 0. The maximum atomic E-state index is 6.70. The first-order chi connectivity index (χ1) is 31.2. The highest BCUT2D eigenvalue weighted by Crippen LogP contribution is 2.44. The number of para-hydroxylation sites is 4. The van der Waals surface area contributed by atoms with Crippen molar-refractivity contribution in [3.63, 3.8) is 0 Å². The molecule has 0 unspecified atom stereocenters. The summed E-state index contributed by atoms with van der Waals surface area (Å²) in [7, 11) is 0. The van der Waals surface area contributed by atoms with Crippen LogP contribution in [0.3, 0.4) is 0 Å². The Bertz CT molecular complexity index is 3500. The molecule has 2 heterocycles. The monoisotopic (exact) mass is 804 g/mol. The SMILES string of the molecule is c1ccc(-c2ccc(N(c3ccc(-c4ccccc4)cc3)c3cc(-c4ccc5c6ccccc6n(-c6ccccc6)c5c4)cc(-c4cccc5c4oc4ccccc45)c3)cc2)cc1. The van der Waals surface area contributed by atoms with Crippen LogP contribution in [0.2, 0.25) is 0 Å². The number of furan rings is 1. The van der Waals surface area contributed by atoms with Gasteiger partial charge in [0.2, 0.25) is 0 Å². The Morgan fingerprint density at radius 1 is 0.302 bits per heavy atom. The maximum Gasteiger partial charge on any atom is 0.143 e. The van der Waals surface area contributed by atoms with Crippen molar-refractivity contribution in [3.05, 3.63) is 243 Å². The molecule has 0 aliphatic heterocycles. The van der Waals surface area contributed by atoms with Gasteiger partial charge in [-0.3, -0.25) is 0 Å². The van der Waals surface area contributed by atoms with E-state index in [1.54, 1.807) is 0 Å². The van der Waals surface area contributed by atoms with Gasteiger partial charge in [0.1, 0.15) is 11.2 Å². The van der Waals surface area contributed by atoms with Crippen LogP contribution in [-0.4, -0.2) is 4.57 Å². The molecule has 12 aromatic rings. The second-order valence-corrected chi connectivity index (χ2v) is 16.1. The molecule has 3 nitrogen and oxygen atoms in total. The zero-order valence-electron chi connectivity index (χ0n) is 34.4. The number of fused-ring (bicyclic) bond motifs is 6. The summed E-state index contributed by atoms with van der Waals surface area (Å²) in [5, 5.41) is 4.68. The standard InChI is InChI=1S/C60H40N2O/c1-4-15-41(16-5-1)43-27-32-49(33-28-43)61(50-34-29-44(30-35-50)42-17-6-2-7-18-42)51-38-46(37-47(39-51)52-23-14-24-56-55-22-11-13-26-59(55)63-60(52)56)45-31-36-54-53-21-10-12-25-57(53)62(58(54)40-45)48-19-8-3-9-20-48/h1-40H. The van der Waals surface area contributed by atoms with Crippen LogP contribution in [0.1, 0.15) is 0 Å². The minimum atomic E-state index is 0.882. The first-order valence-electron chi connectivity index (χ1n) is 21.5. The first kappa shape index (κ1) is 36.5. The predicted molar refractivity (Wildman–Crippen MR) is 264 cm³/mol. The van der Waals surface area contributed by atoms with Gasteiger partial charge < -0.3 is 13.9 Å². The van der Waals surface area contributed by atoms with Crippen molar-refractivity contribution in [2.75, 3.05) is 4.90 Å².